The highest BCUT2D eigenvalue weighted by atomic mass is 32.2. The van der Waals surface area contributed by atoms with Crippen LogP contribution in [0.3, 0.4) is 0 Å². The van der Waals surface area contributed by atoms with E-state index in [-0.39, 0.29) is 18.1 Å². The van der Waals surface area contributed by atoms with Gasteiger partial charge in [0.15, 0.2) is 0 Å². The lowest BCUT2D eigenvalue weighted by atomic mass is 9.84. The molecule has 11 nitrogen and oxygen atoms in total. The van der Waals surface area contributed by atoms with Crippen LogP contribution in [0.4, 0.5) is 37.7 Å². The van der Waals surface area contributed by atoms with Crippen molar-refractivity contribution in [2.24, 2.45) is 5.92 Å². The zero-order valence-corrected chi connectivity index (χ0v) is 38.6. The summed E-state index contributed by atoms with van der Waals surface area (Å²) >= 11 is 1.39. The molecule has 20 heteroatoms. The predicted molar refractivity (Wildman–Crippen MR) is 246 cm³/mol. The normalized spacial score (nSPS) is 15.0. The van der Waals surface area contributed by atoms with E-state index in [9.17, 15) is 58.2 Å². The lowest BCUT2D eigenvalue weighted by Crippen LogP contribution is -2.36. The Kier molecular flexibility index (Phi) is 16.7. The largest absolute Gasteiger partial charge is 0.501 e. The van der Waals surface area contributed by atoms with Gasteiger partial charge in [-0.25, -0.2) is 21.6 Å². The zero-order chi connectivity index (χ0) is 48.6. The van der Waals surface area contributed by atoms with Gasteiger partial charge in [0.1, 0.15) is 4.90 Å². The molecule has 4 N–H and O–H groups in total. The number of likely N-dealkylation sites (N-methyl/N-ethyl adjacent to an activating group) is 1. The van der Waals surface area contributed by atoms with Crippen molar-refractivity contribution in [2.45, 2.75) is 64.2 Å². The van der Waals surface area contributed by atoms with Crippen molar-refractivity contribution in [1.29, 1.82) is 0 Å². The minimum atomic E-state index is -6.11. The van der Waals surface area contributed by atoms with E-state index < -0.39 is 70.6 Å². The van der Waals surface area contributed by atoms with Crippen LogP contribution in [-0.4, -0.2) is 95.0 Å². The second-order valence-corrected chi connectivity index (χ2v) is 20.8. The van der Waals surface area contributed by atoms with Crippen LogP contribution in [0.2, 0.25) is 0 Å². The molecule has 1 fully saturated rings. The molecule has 0 aliphatic carbocycles. The van der Waals surface area contributed by atoms with Crippen molar-refractivity contribution in [2.75, 3.05) is 55.8 Å². The first-order chi connectivity index (χ1) is 31.7. The number of piperidine rings is 1. The molecule has 1 aliphatic heterocycles. The molecule has 5 aromatic carbocycles. The van der Waals surface area contributed by atoms with Crippen LogP contribution < -0.4 is 14.9 Å². The lowest BCUT2D eigenvalue weighted by molar-refractivity contribution is -0.137. The molecule has 0 spiro atoms. The number of hydrogen-bond acceptors (Lipinski definition) is 11. The number of benzene rings is 5. The molecule has 1 heterocycles. The molecule has 0 bridgehead atoms. The van der Waals surface area contributed by atoms with E-state index in [4.69, 9.17) is 0 Å². The minimum Gasteiger partial charge on any atom is -0.395 e. The van der Waals surface area contributed by atoms with Crippen LogP contribution >= 0.6 is 11.8 Å². The highest BCUT2D eigenvalue weighted by Gasteiger charge is 2.48. The summed E-state index contributed by atoms with van der Waals surface area (Å²) in [6.07, 6.45) is -3.40. The van der Waals surface area contributed by atoms with Crippen molar-refractivity contribution in [3.63, 3.8) is 0 Å². The van der Waals surface area contributed by atoms with E-state index in [2.05, 4.69) is 5.32 Å². The van der Waals surface area contributed by atoms with Gasteiger partial charge in [0.25, 0.3) is 25.8 Å². The Morgan fingerprint density at radius 1 is 0.836 bits per heavy atom. The maximum atomic E-state index is 14.1. The molecule has 0 unspecified atom stereocenters. The molecule has 1 saturated heterocycles. The fourth-order valence-electron chi connectivity index (χ4n) is 7.80. The minimum absolute atomic E-state index is 0.0718. The van der Waals surface area contributed by atoms with Crippen LogP contribution in [0, 0.1) is 5.92 Å². The second kappa shape index (κ2) is 21.9. The number of halogens is 6. The Hall–Kier alpha value is -5.12. The number of alkyl halides is 6. The highest BCUT2D eigenvalue weighted by Crippen LogP contribution is 2.39. The smallest absolute Gasteiger partial charge is 0.395 e. The number of thioether (sulfide) groups is 1. The highest BCUT2D eigenvalue weighted by molar-refractivity contribution is 7.99. The third kappa shape index (κ3) is 13.1. The van der Waals surface area contributed by atoms with E-state index in [0.717, 1.165) is 29.2 Å². The number of aliphatic hydroxyl groups is 2. The Morgan fingerprint density at radius 2 is 1.48 bits per heavy atom. The Labute approximate surface area is 390 Å². The number of sulfone groups is 1. The topological polar surface area (TPSA) is 156 Å². The first kappa shape index (κ1) is 51.3. The van der Waals surface area contributed by atoms with Gasteiger partial charge in [-0.1, -0.05) is 54.6 Å². The maximum Gasteiger partial charge on any atom is 0.501 e. The van der Waals surface area contributed by atoms with E-state index in [0.29, 0.717) is 86.1 Å². The van der Waals surface area contributed by atoms with Crippen molar-refractivity contribution in [3.8, 4) is 11.1 Å². The lowest BCUT2D eigenvalue weighted by Gasteiger charge is -2.36. The van der Waals surface area contributed by atoms with Crippen LogP contribution in [0.5, 0.6) is 0 Å². The molecule has 1 amide bonds. The van der Waals surface area contributed by atoms with E-state index >= 15 is 0 Å². The summed E-state index contributed by atoms with van der Waals surface area (Å²) in [5.74, 6) is -0.998. The molecule has 5 aromatic rings. The summed E-state index contributed by atoms with van der Waals surface area (Å²) in [4.78, 5) is 15.8. The van der Waals surface area contributed by atoms with Gasteiger partial charge in [-0.05, 0) is 129 Å². The van der Waals surface area contributed by atoms with Crippen molar-refractivity contribution >= 4 is 48.9 Å². The van der Waals surface area contributed by atoms with Crippen LogP contribution in [-0.2, 0) is 26.0 Å². The van der Waals surface area contributed by atoms with Gasteiger partial charge >= 0.3 is 11.7 Å². The standard InChI is InChI=1S/C47H50F6N4O7S3/c1-56(28-29-58)25-7-8-36(31-65-38-9-3-2-4-10-38)54-42-22-21-39(30-43(42)66(61,62)47(51,52)53)67(63,64)55-45(60)34-15-19-37(20-16-34)57-26-23-33(24-27-57)44(59)41-12-6-5-11-40(41)32-13-17-35(18-14-32)46(48,49)50/h2-6,9-22,30,33,36,44,54,58-59H,7-8,23-29,31H2,1H3,(H,55,60)/t36-,44+/m0/s1. The van der Waals surface area contributed by atoms with Gasteiger partial charge in [-0.2, -0.15) is 26.3 Å². The number of aliphatic hydroxyl groups excluding tert-OH is 2. The number of nitrogens with zero attached hydrogens (tertiary/aromatic N) is 2. The third-order valence-corrected chi connectivity index (χ3v) is 15.5. The summed E-state index contributed by atoms with van der Waals surface area (Å²) in [5.41, 5.74) is -4.73. The number of hydrogen-bond donors (Lipinski definition) is 4. The first-order valence-electron chi connectivity index (χ1n) is 21.2. The Morgan fingerprint density at radius 3 is 2.10 bits per heavy atom. The van der Waals surface area contributed by atoms with Gasteiger partial charge < -0.3 is 25.3 Å². The monoisotopic (exact) mass is 992 g/mol. The summed E-state index contributed by atoms with van der Waals surface area (Å²) in [5, 5.41) is 23.6. The molecule has 0 saturated carbocycles. The molecule has 0 radical (unpaired) electrons. The summed E-state index contributed by atoms with van der Waals surface area (Å²) in [6.45, 7) is 1.84. The quantitative estimate of drug-likeness (QED) is 0.0463. The van der Waals surface area contributed by atoms with Crippen LogP contribution in [0.1, 0.15) is 53.3 Å². The van der Waals surface area contributed by atoms with Gasteiger partial charge in [-0.3, -0.25) is 4.79 Å². The van der Waals surface area contributed by atoms with E-state index in [1.807, 2.05) is 44.9 Å². The summed E-state index contributed by atoms with van der Waals surface area (Å²) in [7, 11) is -9.24. The molecule has 6 rings (SSSR count). The average Bonchev–Trinajstić information content (AvgIpc) is 3.30. The van der Waals surface area contributed by atoms with Gasteiger partial charge in [0, 0.05) is 47.6 Å². The molecule has 1 aliphatic rings. The fourth-order valence-corrected chi connectivity index (χ4v) is 10.8. The molecular formula is C47H50F6N4O7S3. The molecular weight excluding hydrogens is 943 g/mol. The number of anilines is 2. The third-order valence-electron chi connectivity index (χ3n) is 11.5. The molecule has 0 aromatic heterocycles. The number of amides is 1. The van der Waals surface area contributed by atoms with E-state index in [1.54, 1.807) is 43.4 Å². The number of sulfonamides is 1. The summed E-state index contributed by atoms with van der Waals surface area (Å²) in [6, 6.07) is 28.5. The molecule has 67 heavy (non-hydrogen) atoms. The summed E-state index contributed by atoms with van der Waals surface area (Å²) < 4.78 is 137. The first-order valence-corrected chi connectivity index (χ1v) is 25.2. The maximum absolute atomic E-state index is 14.1. The number of nitrogens with one attached hydrogen (secondary N) is 2. The predicted octanol–water partition coefficient (Wildman–Crippen LogP) is 9.01. The zero-order valence-electron chi connectivity index (χ0n) is 36.2. The van der Waals surface area contributed by atoms with Crippen molar-refractivity contribution in [3.05, 3.63) is 138 Å². The second-order valence-electron chi connectivity index (χ2n) is 16.2. The van der Waals surface area contributed by atoms with Gasteiger partial charge in [0.05, 0.1) is 28.9 Å². The molecule has 2 atom stereocenters. The Balaban J connectivity index is 1.13. The molecule has 360 valence electrons. The van der Waals surface area contributed by atoms with E-state index in [1.165, 1.54) is 36.0 Å². The number of carbonyl (C=O) groups excluding carboxylic acids is 1. The average molecular weight is 993 g/mol. The van der Waals surface area contributed by atoms with Crippen LogP contribution in [0.15, 0.2) is 136 Å². The number of carbonyl (C=O) groups is 1. The van der Waals surface area contributed by atoms with Crippen LogP contribution in [0.25, 0.3) is 11.1 Å². The van der Waals surface area contributed by atoms with Crippen molar-refractivity contribution in [1.82, 2.24) is 9.62 Å². The fraction of sp³-hybridized carbons (Fsp3) is 0.340. The SMILES string of the molecule is CN(CCO)CCC[C@@H](CSc1ccccc1)Nc1ccc(S(=O)(=O)NC(=O)c2ccc(N3CCC([C@@H](O)c4ccccc4-c4ccc(C(F)(F)F)cc4)CC3)cc2)cc1S(=O)(=O)C(F)(F)F. The number of rotatable bonds is 19. The Bertz CT molecular complexity index is 2670. The van der Waals surface area contributed by atoms with Gasteiger partial charge in [0.2, 0.25) is 0 Å². The van der Waals surface area contributed by atoms with Gasteiger partial charge in [-0.15, -0.1) is 11.8 Å². The van der Waals surface area contributed by atoms with Crippen molar-refractivity contribution < 1.29 is 58.2 Å².